The van der Waals surface area contributed by atoms with Crippen LogP contribution in [0.1, 0.15) is 32.1 Å². The summed E-state index contributed by atoms with van der Waals surface area (Å²) in [6.45, 7) is 6.49. The number of likely N-dealkylation sites (tertiary alicyclic amines) is 1. The largest absolute Gasteiger partial charge is 0.319 e. The van der Waals surface area contributed by atoms with E-state index in [1.54, 1.807) is 0 Å². The van der Waals surface area contributed by atoms with Gasteiger partial charge in [-0.15, -0.1) is 0 Å². The van der Waals surface area contributed by atoms with E-state index in [0.717, 1.165) is 19.0 Å². The average Bonchev–Trinajstić information content (AvgIpc) is 2.18. The fourth-order valence-corrected chi connectivity index (χ4v) is 2.14. The van der Waals surface area contributed by atoms with Crippen LogP contribution in [0.5, 0.6) is 0 Å². The third-order valence-electron chi connectivity index (χ3n) is 3.17. The Balaban J connectivity index is 2.23. The third-order valence-corrected chi connectivity index (χ3v) is 3.17. The molecule has 2 heteroatoms. The van der Waals surface area contributed by atoms with Gasteiger partial charge in [-0.1, -0.05) is 18.6 Å². The fourth-order valence-electron chi connectivity index (χ4n) is 2.14. The highest BCUT2D eigenvalue weighted by atomic mass is 15.1. The molecule has 1 N–H and O–H groups in total. The van der Waals surface area contributed by atoms with Crippen LogP contribution in [0.3, 0.4) is 0 Å². The monoisotopic (exact) mass is 196 g/mol. The summed E-state index contributed by atoms with van der Waals surface area (Å²) in [6, 6.07) is 0.758. The highest BCUT2D eigenvalue weighted by molar-refractivity contribution is 4.99. The molecule has 2 nitrogen and oxygen atoms in total. The molecule has 0 aromatic carbocycles. The van der Waals surface area contributed by atoms with Crippen LogP contribution < -0.4 is 5.32 Å². The van der Waals surface area contributed by atoms with E-state index in [4.69, 9.17) is 0 Å². The second-order valence-corrected chi connectivity index (χ2v) is 4.44. The molecule has 1 aliphatic rings. The van der Waals surface area contributed by atoms with Gasteiger partial charge in [-0.05, 0) is 52.9 Å². The van der Waals surface area contributed by atoms with Crippen molar-refractivity contribution in [2.75, 3.05) is 27.2 Å². The SMILES string of the molecule is C=C(CCNC)CC1CCCCN1C. The summed E-state index contributed by atoms with van der Waals surface area (Å²) >= 11 is 0. The Morgan fingerprint density at radius 1 is 1.50 bits per heavy atom. The zero-order valence-electron chi connectivity index (χ0n) is 9.68. The first-order chi connectivity index (χ1) is 6.74. The summed E-state index contributed by atoms with van der Waals surface area (Å²) in [5.41, 5.74) is 1.40. The number of piperidine rings is 1. The molecule has 1 atom stereocenters. The van der Waals surface area contributed by atoms with E-state index in [-0.39, 0.29) is 0 Å². The molecule has 0 bridgehead atoms. The molecule has 0 spiro atoms. The lowest BCUT2D eigenvalue weighted by Gasteiger charge is -2.33. The topological polar surface area (TPSA) is 15.3 Å². The van der Waals surface area contributed by atoms with Gasteiger partial charge < -0.3 is 10.2 Å². The van der Waals surface area contributed by atoms with Crippen LogP contribution in [-0.2, 0) is 0 Å². The summed E-state index contributed by atoms with van der Waals surface area (Å²) in [5, 5.41) is 3.17. The second-order valence-electron chi connectivity index (χ2n) is 4.44. The lowest BCUT2D eigenvalue weighted by molar-refractivity contribution is 0.184. The van der Waals surface area contributed by atoms with Crippen LogP contribution in [0.25, 0.3) is 0 Å². The van der Waals surface area contributed by atoms with Crippen molar-refractivity contribution in [2.24, 2.45) is 0 Å². The van der Waals surface area contributed by atoms with E-state index in [2.05, 4.69) is 23.8 Å². The lowest BCUT2D eigenvalue weighted by Crippen LogP contribution is -2.36. The predicted octanol–water partition coefficient (Wildman–Crippen LogP) is 2.03. The van der Waals surface area contributed by atoms with Crippen molar-refractivity contribution in [1.29, 1.82) is 0 Å². The Hall–Kier alpha value is -0.340. The molecular weight excluding hydrogens is 172 g/mol. The molecule has 0 amide bonds. The van der Waals surface area contributed by atoms with E-state index < -0.39 is 0 Å². The Morgan fingerprint density at radius 3 is 2.93 bits per heavy atom. The van der Waals surface area contributed by atoms with E-state index in [1.807, 2.05) is 7.05 Å². The fraction of sp³-hybridized carbons (Fsp3) is 0.833. The minimum Gasteiger partial charge on any atom is -0.319 e. The molecular formula is C12H24N2. The van der Waals surface area contributed by atoms with Gasteiger partial charge in [-0.2, -0.15) is 0 Å². The normalized spacial score (nSPS) is 23.7. The van der Waals surface area contributed by atoms with E-state index in [9.17, 15) is 0 Å². The maximum atomic E-state index is 4.15. The van der Waals surface area contributed by atoms with Crippen molar-refractivity contribution in [3.63, 3.8) is 0 Å². The molecule has 1 fully saturated rings. The smallest absolute Gasteiger partial charge is 0.0129 e. The van der Waals surface area contributed by atoms with Gasteiger partial charge in [0.25, 0.3) is 0 Å². The molecule has 0 radical (unpaired) electrons. The highest BCUT2D eigenvalue weighted by Gasteiger charge is 2.18. The van der Waals surface area contributed by atoms with Crippen LogP contribution in [0.15, 0.2) is 12.2 Å². The molecule has 0 aromatic heterocycles. The minimum atomic E-state index is 0.758. The van der Waals surface area contributed by atoms with Gasteiger partial charge in [0, 0.05) is 6.04 Å². The molecule has 0 saturated carbocycles. The van der Waals surface area contributed by atoms with Gasteiger partial charge in [0.05, 0.1) is 0 Å². The summed E-state index contributed by atoms with van der Waals surface area (Å²) < 4.78 is 0. The maximum absolute atomic E-state index is 4.15. The van der Waals surface area contributed by atoms with Crippen LogP contribution >= 0.6 is 0 Å². The molecule has 82 valence electrons. The third kappa shape index (κ3) is 3.81. The number of nitrogens with one attached hydrogen (secondary N) is 1. The van der Waals surface area contributed by atoms with Crippen molar-refractivity contribution in [3.8, 4) is 0 Å². The predicted molar refractivity (Wildman–Crippen MR) is 62.6 cm³/mol. The number of hydrogen-bond donors (Lipinski definition) is 1. The summed E-state index contributed by atoms with van der Waals surface area (Å²) in [5.74, 6) is 0. The van der Waals surface area contributed by atoms with Crippen LogP contribution in [0, 0.1) is 0 Å². The van der Waals surface area contributed by atoms with Crippen LogP contribution in [0.2, 0.25) is 0 Å². The molecule has 1 heterocycles. The second kappa shape index (κ2) is 6.20. The maximum Gasteiger partial charge on any atom is 0.0129 e. The molecule has 1 aliphatic heterocycles. The molecule has 1 rings (SSSR count). The zero-order chi connectivity index (χ0) is 10.4. The number of rotatable bonds is 5. The number of nitrogens with zero attached hydrogens (tertiary/aromatic N) is 1. The molecule has 1 saturated heterocycles. The highest BCUT2D eigenvalue weighted by Crippen LogP contribution is 2.21. The first-order valence-electron chi connectivity index (χ1n) is 5.75. The van der Waals surface area contributed by atoms with Crippen molar-refractivity contribution >= 4 is 0 Å². The quantitative estimate of drug-likeness (QED) is 0.677. The summed E-state index contributed by atoms with van der Waals surface area (Å²) in [4.78, 5) is 2.49. The van der Waals surface area contributed by atoms with Gasteiger partial charge in [0.1, 0.15) is 0 Å². The van der Waals surface area contributed by atoms with Crippen molar-refractivity contribution in [3.05, 3.63) is 12.2 Å². The molecule has 0 aliphatic carbocycles. The van der Waals surface area contributed by atoms with E-state index in [0.29, 0.717) is 0 Å². The molecule has 1 unspecified atom stereocenters. The van der Waals surface area contributed by atoms with Crippen molar-refractivity contribution in [1.82, 2.24) is 10.2 Å². The first-order valence-corrected chi connectivity index (χ1v) is 5.75. The van der Waals surface area contributed by atoms with Crippen LogP contribution in [0.4, 0.5) is 0 Å². The van der Waals surface area contributed by atoms with Gasteiger partial charge in [0.15, 0.2) is 0 Å². The molecule has 14 heavy (non-hydrogen) atoms. The number of hydrogen-bond acceptors (Lipinski definition) is 2. The summed E-state index contributed by atoms with van der Waals surface area (Å²) in [7, 11) is 4.25. The van der Waals surface area contributed by atoms with Crippen molar-refractivity contribution < 1.29 is 0 Å². The van der Waals surface area contributed by atoms with Gasteiger partial charge >= 0.3 is 0 Å². The molecule has 0 aromatic rings. The van der Waals surface area contributed by atoms with Crippen molar-refractivity contribution in [2.45, 2.75) is 38.1 Å². The first kappa shape index (κ1) is 11.7. The Kier molecular flexibility index (Phi) is 5.20. The van der Waals surface area contributed by atoms with Gasteiger partial charge in [-0.3, -0.25) is 0 Å². The summed E-state index contributed by atoms with van der Waals surface area (Å²) in [6.07, 6.45) is 6.44. The van der Waals surface area contributed by atoms with Gasteiger partial charge in [-0.25, -0.2) is 0 Å². The Labute approximate surface area is 88.4 Å². The van der Waals surface area contributed by atoms with Crippen LogP contribution in [-0.4, -0.2) is 38.1 Å². The van der Waals surface area contributed by atoms with E-state index >= 15 is 0 Å². The average molecular weight is 196 g/mol. The standard InChI is InChI=1S/C12H24N2/c1-11(7-8-13-2)10-12-6-4-5-9-14(12)3/h12-13H,1,4-10H2,2-3H3. The minimum absolute atomic E-state index is 0.758. The zero-order valence-corrected chi connectivity index (χ0v) is 9.68. The Morgan fingerprint density at radius 2 is 2.29 bits per heavy atom. The lowest BCUT2D eigenvalue weighted by atomic mass is 9.95. The van der Waals surface area contributed by atoms with Gasteiger partial charge in [0.2, 0.25) is 0 Å². The Bertz CT molecular complexity index is 177. The van der Waals surface area contributed by atoms with E-state index in [1.165, 1.54) is 37.8 Å².